The lowest BCUT2D eigenvalue weighted by Crippen LogP contribution is -2.44. The van der Waals surface area contributed by atoms with Gasteiger partial charge in [-0.3, -0.25) is 4.98 Å². The number of hydrogen-bond acceptors (Lipinski definition) is 3. The fraction of sp³-hybridized carbons (Fsp3) is 0.438. The predicted octanol–water partition coefficient (Wildman–Crippen LogP) is 3.89. The molecule has 1 aliphatic rings. The standard InChI is InChI=1S/C16H18ClFN2O/c1-10-6-8-20(9-14(10)21-2)13-4-3-11-12(17)5-7-19-16(11)15(13)18/h3-5,7,10,14H,6,8-9H2,1-2H3. The van der Waals surface area contributed by atoms with Crippen LogP contribution in [-0.4, -0.2) is 31.3 Å². The number of ether oxygens (including phenoxy) is 1. The molecule has 1 aromatic heterocycles. The van der Waals surface area contributed by atoms with E-state index in [1.807, 2.05) is 11.0 Å². The van der Waals surface area contributed by atoms with Crippen LogP contribution in [0.4, 0.5) is 10.1 Å². The van der Waals surface area contributed by atoms with E-state index >= 15 is 0 Å². The number of rotatable bonds is 2. The monoisotopic (exact) mass is 308 g/mol. The van der Waals surface area contributed by atoms with Gasteiger partial charge < -0.3 is 9.64 Å². The van der Waals surface area contributed by atoms with Crippen molar-refractivity contribution in [3.63, 3.8) is 0 Å². The first-order valence-corrected chi connectivity index (χ1v) is 7.50. The molecule has 0 saturated carbocycles. The molecule has 3 rings (SSSR count). The van der Waals surface area contributed by atoms with Crippen LogP contribution in [0.1, 0.15) is 13.3 Å². The van der Waals surface area contributed by atoms with Crippen LogP contribution in [0.25, 0.3) is 10.9 Å². The lowest BCUT2D eigenvalue weighted by Gasteiger charge is -2.37. The number of benzene rings is 1. The third kappa shape index (κ3) is 2.58. The van der Waals surface area contributed by atoms with E-state index in [0.29, 0.717) is 34.1 Å². The van der Waals surface area contributed by atoms with E-state index in [-0.39, 0.29) is 11.9 Å². The molecule has 1 aromatic carbocycles. The first kappa shape index (κ1) is 14.5. The number of anilines is 1. The van der Waals surface area contributed by atoms with Gasteiger partial charge in [0.05, 0.1) is 16.8 Å². The molecule has 0 radical (unpaired) electrons. The second kappa shape index (κ2) is 5.78. The number of nitrogens with zero attached hydrogens (tertiary/aromatic N) is 2. The van der Waals surface area contributed by atoms with Crippen LogP contribution in [0.3, 0.4) is 0 Å². The minimum absolute atomic E-state index is 0.126. The second-order valence-corrected chi connectivity index (χ2v) is 5.98. The summed E-state index contributed by atoms with van der Waals surface area (Å²) in [4.78, 5) is 6.17. The van der Waals surface area contributed by atoms with Crippen molar-refractivity contribution in [1.82, 2.24) is 4.98 Å². The molecule has 112 valence electrons. The van der Waals surface area contributed by atoms with E-state index < -0.39 is 0 Å². The number of methoxy groups -OCH3 is 1. The predicted molar refractivity (Wildman–Crippen MR) is 83.5 cm³/mol. The van der Waals surface area contributed by atoms with Gasteiger partial charge in [-0.2, -0.15) is 0 Å². The van der Waals surface area contributed by atoms with Crippen LogP contribution in [0, 0.1) is 11.7 Å². The van der Waals surface area contributed by atoms with Crippen LogP contribution < -0.4 is 4.90 Å². The first-order valence-electron chi connectivity index (χ1n) is 7.12. The van der Waals surface area contributed by atoms with E-state index in [0.717, 1.165) is 13.0 Å². The topological polar surface area (TPSA) is 25.4 Å². The molecule has 0 N–H and O–H groups in total. The molecule has 0 spiro atoms. The van der Waals surface area contributed by atoms with Crippen molar-refractivity contribution in [2.24, 2.45) is 5.92 Å². The van der Waals surface area contributed by atoms with Gasteiger partial charge in [-0.25, -0.2) is 4.39 Å². The molecule has 1 fully saturated rings. The minimum atomic E-state index is -0.306. The molecule has 2 aromatic rings. The van der Waals surface area contributed by atoms with Crippen LogP contribution in [0.5, 0.6) is 0 Å². The van der Waals surface area contributed by atoms with Gasteiger partial charge in [0.25, 0.3) is 0 Å². The van der Waals surface area contributed by atoms with Gasteiger partial charge in [-0.05, 0) is 30.5 Å². The summed E-state index contributed by atoms with van der Waals surface area (Å²) < 4.78 is 20.3. The highest BCUT2D eigenvalue weighted by atomic mass is 35.5. The van der Waals surface area contributed by atoms with E-state index in [1.165, 1.54) is 6.20 Å². The second-order valence-electron chi connectivity index (χ2n) is 5.57. The van der Waals surface area contributed by atoms with Gasteiger partial charge in [0.15, 0.2) is 5.82 Å². The Morgan fingerprint density at radius 1 is 1.38 bits per heavy atom. The maximum atomic E-state index is 14.8. The lowest BCUT2D eigenvalue weighted by molar-refractivity contribution is 0.0497. The summed E-state index contributed by atoms with van der Waals surface area (Å²) in [6.07, 6.45) is 2.65. The summed E-state index contributed by atoms with van der Waals surface area (Å²) in [5.74, 6) is 0.182. The van der Waals surface area contributed by atoms with Gasteiger partial charge in [-0.1, -0.05) is 18.5 Å². The molecule has 21 heavy (non-hydrogen) atoms. The van der Waals surface area contributed by atoms with Crippen molar-refractivity contribution in [2.45, 2.75) is 19.4 Å². The van der Waals surface area contributed by atoms with Crippen LogP contribution in [-0.2, 0) is 4.74 Å². The Labute approximate surface area is 128 Å². The smallest absolute Gasteiger partial charge is 0.172 e. The molecular weight excluding hydrogens is 291 g/mol. The molecule has 2 unspecified atom stereocenters. The highest BCUT2D eigenvalue weighted by molar-refractivity contribution is 6.35. The number of halogens is 2. The molecule has 0 bridgehead atoms. The van der Waals surface area contributed by atoms with Crippen molar-refractivity contribution in [3.8, 4) is 0 Å². The van der Waals surface area contributed by atoms with Gasteiger partial charge in [0, 0.05) is 31.8 Å². The zero-order chi connectivity index (χ0) is 15.0. The van der Waals surface area contributed by atoms with Crippen LogP contribution in [0.2, 0.25) is 5.02 Å². The lowest BCUT2D eigenvalue weighted by atomic mass is 9.95. The molecule has 5 heteroatoms. The number of fused-ring (bicyclic) bond motifs is 1. The first-order chi connectivity index (χ1) is 10.1. The van der Waals surface area contributed by atoms with Gasteiger partial charge >= 0.3 is 0 Å². The Hall–Kier alpha value is -1.39. The summed E-state index contributed by atoms with van der Waals surface area (Å²) >= 11 is 6.09. The van der Waals surface area contributed by atoms with E-state index in [9.17, 15) is 4.39 Å². The van der Waals surface area contributed by atoms with Gasteiger partial charge in [0.2, 0.25) is 0 Å². The quantitative estimate of drug-likeness (QED) is 0.841. The SMILES string of the molecule is COC1CN(c2ccc3c(Cl)ccnc3c2F)CCC1C. The van der Waals surface area contributed by atoms with E-state index in [2.05, 4.69) is 11.9 Å². The normalized spacial score (nSPS) is 22.8. The van der Waals surface area contributed by atoms with E-state index in [1.54, 1.807) is 19.2 Å². The summed E-state index contributed by atoms with van der Waals surface area (Å²) in [6.45, 7) is 3.69. The van der Waals surface area contributed by atoms with Gasteiger partial charge in [0.1, 0.15) is 5.52 Å². The van der Waals surface area contributed by atoms with Crippen molar-refractivity contribution in [1.29, 1.82) is 0 Å². The number of pyridine rings is 1. The highest BCUT2D eigenvalue weighted by Gasteiger charge is 2.28. The highest BCUT2D eigenvalue weighted by Crippen LogP contribution is 2.32. The summed E-state index contributed by atoms with van der Waals surface area (Å²) in [7, 11) is 1.71. The molecule has 3 nitrogen and oxygen atoms in total. The summed E-state index contributed by atoms with van der Waals surface area (Å²) in [6, 6.07) is 5.30. The Bertz CT molecular complexity index is 664. The zero-order valence-electron chi connectivity index (χ0n) is 12.1. The molecule has 1 aliphatic heterocycles. The summed E-state index contributed by atoms with van der Waals surface area (Å²) in [5, 5.41) is 1.17. The Morgan fingerprint density at radius 3 is 2.95 bits per heavy atom. The Balaban J connectivity index is 1.99. The fourth-order valence-electron chi connectivity index (χ4n) is 2.94. The Kier molecular flexibility index (Phi) is 4.00. The third-order valence-electron chi connectivity index (χ3n) is 4.31. The van der Waals surface area contributed by atoms with Crippen LogP contribution >= 0.6 is 11.6 Å². The molecule has 0 aliphatic carbocycles. The van der Waals surface area contributed by atoms with Crippen molar-refractivity contribution in [2.75, 3.05) is 25.1 Å². The minimum Gasteiger partial charge on any atom is -0.379 e. The van der Waals surface area contributed by atoms with Crippen LogP contribution in [0.15, 0.2) is 24.4 Å². The molecule has 2 atom stereocenters. The zero-order valence-corrected chi connectivity index (χ0v) is 12.9. The largest absolute Gasteiger partial charge is 0.379 e. The van der Waals surface area contributed by atoms with Gasteiger partial charge in [-0.15, -0.1) is 0 Å². The fourth-order valence-corrected chi connectivity index (χ4v) is 3.15. The molecular formula is C16H18ClFN2O. The van der Waals surface area contributed by atoms with Crippen molar-refractivity contribution >= 4 is 28.2 Å². The molecule has 0 amide bonds. The average molecular weight is 309 g/mol. The molecule has 1 saturated heterocycles. The number of piperidine rings is 1. The van der Waals surface area contributed by atoms with E-state index in [4.69, 9.17) is 16.3 Å². The van der Waals surface area contributed by atoms with Crippen molar-refractivity contribution in [3.05, 3.63) is 35.2 Å². The summed E-state index contributed by atoms with van der Waals surface area (Å²) in [5.41, 5.74) is 0.902. The maximum absolute atomic E-state index is 14.8. The Morgan fingerprint density at radius 2 is 2.19 bits per heavy atom. The average Bonchev–Trinajstić information content (AvgIpc) is 2.49. The van der Waals surface area contributed by atoms with Crippen molar-refractivity contribution < 1.29 is 9.13 Å². The number of aromatic nitrogens is 1. The maximum Gasteiger partial charge on any atom is 0.172 e. The number of hydrogen-bond donors (Lipinski definition) is 0. The molecule has 2 heterocycles. The third-order valence-corrected chi connectivity index (χ3v) is 4.64.